The van der Waals surface area contributed by atoms with E-state index in [0.29, 0.717) is 18.1 Å². The van der Waals surface area contributed by atoms with E-state index in [1.54, 1.807) is 31.0 Å². The Balaban J connectivity index is 1.73. The number of amides is 2. The van der Waals surface area contributed by atoms with Gasteiger partial charge in [-0.1, -0.05) is 18.2 Å². The van der Waals surface area contributed by atoms with Crippen molar-refractivity contribution in [2.45, 2.75) is 45.6 Å². The number of unbranched alkanes of at least 4 members (excludes halogenated alkanes) is 1. The summed E-state index contributed by atoms with van der Waals surface area (Å²) in [5.41, 5.74) is 2.04. The number of nitrogens with one attached hydrogen (secondary N) is 3. The van der Waals surface area contributed by atoms with Crippen LogP contribution in [0.2, 0.25) is 0 Å². The van der Waals surface area contributed by atoms with E-state index in [0.717, 1.165) is 37.1 Å². The number of carbonyl (C=O) groups excluding carboxylic acids is 2. The van der Waals surface area contributed by atoms with Crippen molar-refractivity contribution in [1.82, 2.24) is 35.8 Å². The largest absolute Gasteiger partial charge is 0.391 e. The van der Waals surface area contributed by atoms with Gasteiger partial charge in [-0.25, -0.2) is 0 Å². The zero-order chi connectivity index (χ0) is 21.1. The highest BCUT2D eigenvalue weighted by Gasteiger charge is 2.09. The van der Waals surface area contributed by atoms with Gasteiger partial charge in [0.2, 0.25) is 5.91 Å². The van der Waals surface area contributed by atoms with Gasteiger partial charge in [0.25, 0.3) is 5.91 Å². The lowest BCUT2D eigenvalue weighted by atomic mass is 10.2. The van der Waals surface area contributed by atoms with Crippen molar-refractivity contribution in [3.8, 4) is 0 Å². The summed E-state index contributed by atoms with van der Waals surface area (Å²) in [6.07, 6.45) is 7.28. The third-order valence-corrected chi connectivity index (χ3v) is 4.18. The number of hydrogen-bond acceptors (Lipinski definition) is 7. The lowest BCUT2D eigenvalue weighted by Crippen LogP contribution is -2.18. The van der Waals surface area contributed by atoms with Gasteiger partial charge >= 0.3 is 0 Å². The van der Waals surface area contributed by atoms with E-state index in [9.17, 15) is 9.59 Å². The van der Waals surface area contributed by atoms with Crippen LogP contribution >= 0.6 is 0 Å². The summed E-state index contributed by atoms with van der Waals surface area (Å²) in [5.74, 6) is 0.0578. The lowest BCUT2D eigenvalue weighted by molar-refractivity contribution is -0.115. The zero-order valence-electron chi connectivity index (χ0n) is 17.1. The van der Waals surface area contributed by atoms with Crippen LogP contribution in [0, 0.1) is 0 Å². The fourth-order valence-electron chi connectivity index (χ4n) is 2.65. The third kappa shape index (κ3) is 7.32. The second kappa shape index (κ2) is 11.5. The van der Waals surface area contributed by atoms with Crippen molar-refractivity contribution in [3.63, 3.8) is 0 Å². The molecule has 3 N–H and O–H groups in total. The van der Waals surface area contributed by atoms with Gasteiger partial charge in [0.05, 0.1) is 18.3 Å². The number of rotatable bonds is 11. The van der Waals surface area contributed by atoms with E-state index in [1.807, 2.05) is 19.1 Å². The predicted molar refractivity (Wildman–Crippen MR) is 109 cm³/mol. The van der Waals surface area contributed by atoms with E-state index in [-0.39, 0.29) is 18.2 Å². The molecule has 29 heavy (non-hydrogen) atoms. The molecular weight excluding hydrogens is 372 g/mol. The smallest absolute Gasteiger partial charge is 0.273 e. The van der Waals surface area contributed by atoms with Crippen LogP contribution in [0.5, 0.6) is 0 Å². The highest BCUT2D eigenvalue weighted by atomic mass is 16.2. The molecule has 0 saturated carbocycles. The van der Waals surface area contributed by atoms with Crippen molar-refractivity contribution in [2.24, 2.45) is 0 Å². The number of nitrogens with zero attached hydrogens (tertiary/aromatic N) is 5. The first kappa shape index (κ1) is 22.0. The lowest BCUT2D eigenvalue weighted by Gasteiger charge is -2.08. The molecule has 2 amide bonds. The van der Waals surface area contributed by atoms with Crippen molar-refractivity contribution in [1.29, 1.82) is 0 Å². The van der Waals surface area contributed by atoms with Crippen LogP contribution in [0.1, 0.15) is 48.8 Å². The van der Waals surface area contributed by atoms with E-state index >= 15 is 0 Å². The van der Waals surface area contributed by atoms with Crippen LogP contribution in [0.3, 0.4) is 0 Å². The summed E-state index contributed by atoms with van der Waals surface area (Å²) in [6, 6.07) is 3.62. The summed E-state index contributed by atoms with van der Waals surface area (Å²) >= 11 is 0. The molecule has 0 saturated heterocycles. The fraction of sp³-hybridized carbons (Fsp3) is 0.474. The van der Waals surface area contributed by atoms with Gasteiger partial charge in [-0.15, -0.1) is 10.2 Å². The number of carbonyl (C=O) groups is 2. The Hall–Kier alpha value is -3.30. The van der Waals surface area contributed by atoms with Gasteiger partial charge in [-0.3, -0.25) is 14.3 Å². The molecule has 0 spiro atoms. The maximum Gasteiger partial charge on any atom is 0.273 e. The van der Waals surface area contributed by atoms with Gasteiger partial charge in [0, 0.05) is 26.3 Å². The van der Waals surface area contributed by atoms with Gasteiger partial charge in [0.15, 0.2) is 11.5 Å². The Morgan fingerprint density at radius 3 is 2.59 bits per heavy atom. The Morgan fingerprint density at radius 1 is 1.10 bits per heavy atom. The Labute approximate surface area is 170 Å². The zero-order valence-corrected chi connectivity index (χ0v) is 17.1. The average Bonchev–Trinajstić information content (AvgIpc) is 3.20. The Kier molecular flexibility index (Phi) is 8.74. The molecule has 0 aliphatic heterocycles. The quantitative estimate of drug-likeness (QED) is 0.485. The summed E-state index contributed by atoms with van der Waals surface area (Å²) in [6.45, 7) is 2.69. The van der Waals surface area contributed by atoms with Gasteiger partial charge in [-0.05, 0) is 37.8 Å². The molecule has 0 aliphatic rings. The first-order chi connectivity index (χ1) is 14.0. The van der Waals surface area contributed by atoms with Gasteiger partial charge in [0.1, 0.15) is 0 Å². The fourth-order valence-corrected chi connectivity index (χ4v) is 2.65. The first-order valence-corrected chi connectivity index (χ1v) is 9.67. The average molecular weight is 400 g/mol. The van der Waals surface area contributed by atoms with Crippen LogP contribution in [-0.4, -0.2) is 51.1 Å². The second-order valence-electron chi connectivity index (χ2n) is 6.43. The van der Waals surface area contributed by atoms with Crippen LogP contribution in [0.15, 0.2) is 30.1 Å². The second-order valence-corrected chi connectivity index (χ2v) is 6.43. The SMILES string of the molecule is CC/C=C(/CC(=O)Nc1ccc(CCCCn2cc(C(=O)NC)nn2)nn1)NC. The molecule has 2 heterocycles. The summed E-state index contributed by atoms with van der Waals surface area (Å²) in [5, 5.41) is 24.3. The van der Waals surface area contributed by atoms with Crippen molar-refractivity contribution in [2.75, 3.05) is 19.4 Å². The minimum atomic E-state index is -0.248. The maximum atomic E-state index is 12.1. The maximum absolute atomic E-state index is 12.1. The Bertz CT molecular complexity index is 829. The predicted octanol–water partition coefficient (Wildman–Crippen LogP) is 1.29. The van der Waals surface area contributed by atoms with E-state index in [2.05, 4.69) is 36.5 Å². The molecule has 0 fully saturated rings. The number of hydrogen-bond donors (Lipinski definition) is 3. The minimum absolute atomic E-state index is 0.134. The van der Waals surface area contributed by atoms with Gasteiger partial charge < -0.3 is 16.0 Å². The van der Waals surface area contributed by atoms with Crippen molar-refractivity contribution < 1.29 is 9.59 Å². The highest BCUT2D eigenvalue weighted by Crippen LogP contribution is 2.08. The molecule has 2 aromatic rings. The molecule has 0 aromatic carbocycles. The van der Waals surface area contributed by atoms with Crippen LogP contribution in [-0.2, 0) is 17.8 Å². The normalized spacial score (nSPS) is 11.2. The topological polar surface area (TPSA) is 127 Å². The molecule has 0 atom stereocenters. The van der Waals surface area contributed by atoms with Crippen LogP contribution in [0.25, 0.3) is 0 Å². The van der Waals surface area contributed by atoms with Crippen molar-refractivity contribution >= 4 is 17.6 Å². The van der Waals surface area contributed by atoms with Crippen LogP contribution < -0.4 is 16.0 Å². The molecule has 10 heteroatoms. The molecule has 0 aliphatic carbocycles. The number of allylic oxidation sites excluding steroid dienone is 1. The van der Waals surface area contributed by atoms with Crippen molar-refractivity contribution in [3.05, 3.63) is 41.5 Å². The number of anilines is 1. The summed E-state index contributed by atoms with van der Waals surface area (Å²) in [7, 11) is 3.36. The Morgan fingerprint density at radius 2 is 1.93 bits per heavy atom. The molecular formula is C19H28N8O2. The molecule has 10 nitrogen and oxygen atoms in total. The third-order valence-electron chi connectivity index (χ3n) is 4.18. The van der Waals surface area contributed by atoms with E-state index < -0.39 is 0 Å². The summed E-state index contributed by atoms with van der Waals surface area (Å²) in [4.78, 5) is 23.5. The minimum Gasteiger partial charge on any atom is -0.391 e. The molecule has 2 aromatic heterocycles. The van der Waals surface area contributed by atoms with Crippen LogP contribution in [0.4, 0.5) is 5.82 Å². The standard InChI is InChI=1S/C19H28N8O2/c1-4-7-15(20-2)12-18(28)22-17-10-9-14(23-25-17)8-5-6-11-27-13-16(24-26-27)19(29)21-3/h7,9-10,13,20H,4-6,8,11-12H2,1-3H3,(H,21,29)(H,22,25,28)/b15-7-. The molecule has 0 unspecified atom stereocenters. The molecule has 156 valence electrons. The monoisotopic (exact) mass is 400 g/mol. The van der Waals surface area contributed by atoms with E-state index in [4.69, 9.17) is 0 Å². The summed E-state index contributed by atoms with van der Waals surface area (Å²) < 4.78 is 1.65. The molecule has 2 rings (SSSR count). The highest BCUT2D eigenvalue weighted by molar-refractivity contribution is 5.91. The first-order valence-electron chi connectivity index (χ1n) is 9.67. The number of aryl methyl sites for hydroxylation is 2. The molecule has 0 radical (unpaired) electrons. The van der Waals surface area contributed by atoms with Gasteiger partial charge in [-0.2, -0.15) is 5.10 Å². The number of aromatic nitrogens is 5. The van der Waals surface area contributed by atoms with E-state index in [1.165, 1.54) is 0 Å². The molecule has 0 bridgehead atoms.